The van der Waals surface area contributed by atoms with E-state index < -0.39 is 23.7 Å². The molecule has 2 aromatic heterocycles. The molecule has 0 spiro atoms. The van der Waals surface area contributed by atoms with Crippen molar-refractivity contribution in [1.29, 1.82) is 0 Å². The van der Waals surface area contributed by atoms with Crippen molar-refractivity contribution in [3.8, 4) is 0 Å². The molecule has 2 fully saturated rings. The van der Waals surface area contributed by atoms with Gasteiger partial charge in [0.1, 0.15) is 29.4 Å². The van der Waals surface area contributed by atoms with Crippen molar-refractivity contribution in [2.45, 2.75) is 70.5 Å². The SMILES string of the molecule is CN(CC=CCNC(=O)OC(C)(C)C)C[C@H]1O[C@@H](n2cnc3c(N)nc(Cl)nc32)[C@@H]2OC(C)(C)O[C@@H]21. The molecule has 4 atom stereocenters. The number of imidazole rings is 1. The number of nitrogen functional groups attached to an aromatic ring is 1. The van der Waals surface area contributed by atoms with Crippen LogP contribution in [0, 0.1) is 0 Å². The second-order valence-electron chi connectivity index (χ2n) is 10.4. The van der Waals surface area contributed by atoms with Crippen molar-refractivity contribution in [1.82, 2.24) is 29.7 Å². The number of nitrogens with zero attached hydrogens (tertiary/aromatic N) is 5. The predicted molar refractivity (Wildman–Crippen MR) is 133 cm³/mol. The number of hydrogen-bond acceptors (Lipinski definition) is 10. The van der Waals surface area contributed by atoms with Crippen LogP contribution in [0.5, 0.6) is 0 Å². The van der Waals surface area contributed by atoms with E-state index in [2.05, 4.69) is 25.2 Å². The third-order valence-electron chi connectivity index (χ3n) is 5.66. The number of halogens is 1. The van der Waals surface area contributed by atoms with Gasteiger partial charge in [0, 0.05) is 19.6 Å². The Morgan fingerprint density at radius 2 is 2.03 bits per heavy atom. The fourth-order valence-corrected chi connectivity index (χ4v) is 4.47. The van der Waals surface area contributed by atoms with Gasteiger partial charge in [0.05, 0.1) is 6.33 Å². The Bertz CT molecular complexity index is 1130. The topological polar surface area (TPSA) is 139 Å². The van der Waals surface area contributed by atoms with Crippen LogP contribution >= 0.6 is 11.6 Å². The highest BCUT2D eigenvalue weighted by Crippen LogP contribution is 2.44. The zero-order valence-corrected chi connectivity index (χ0v) is 22.2. The van der Waals surface area contributed by atoms with Gasteiger partial charge in [-0.15, -0.1) is 0 Å². The van der Waals surface area contributed by atoms with Crippen LogP contribution in [0.1, 0.15) is 40.8 Å². The lowest BCUT2D eigenvalue weighted by Gasteiger charge is -2.26. The fraction of sp³-hybridized carbons (Fsp3) is 0.652. The second kappa shape index (κ2) is 10.1. The van der Waals surface area contributed by atoms with Gasteiger partial charge in [-0.3, -0.25) is 4.57 Å². The van der Waals surface area contributed by atoms with Gasteiger partial charge in [0.2, 0.25) is 5.28 Å². The van der Waals surface area contributed by atoms with Crippen molar-refractivity contribution in [2.24, 2.45) is 0 Å². The summed E-state index contributed by atoms with van der Waals surface area (Å²) in [5.74, 6) is -0.560. The first-order valence-electron chi connectivity index (χ1n) is 11.8. The van der Waals surface area contributed by atoms with E-state index in [1.54, 1.807) is 10.9 Å². The van der Waals surface area contributed by atoms with Gasteiger partial charge in [0.25, 0.3) is 0 Å². The molecule has 4 rings (SSSR count). The molecule has 198 valence electrons. The predicted octanol–water partition coefficient (Wildman–Crippen LogP) is 2.49. The summed E-state index contributed by atoms with van der Waals surface area (Å²) in [5, 5.41) is 2.74. The summed E-state index contributed by atoms with van der Waals surface area (Å²) in [6, 6.07) is 0. The molecule has 0 aromatic carbocycles. The average molecular weight is 524 g/mol. The number of anilines is 1. The Balaban J connectivity index is 1.39. The smallest absolute Gasteiger partial charge is 0.407 e. The van der Waals surface area contributed by atoms with Gasteiger partial charge in [-0.1, -0.05) is 12.2 Å². The molecule has 3 N–H and O–H groups in total. The van der Waals surface area contributed by atoms with Crippen LogP contribution < -0.4 is 11.1 Å². The molecule has 0 unspecified atom stereocenters. The molecule has 12 nitrogen and oxygen atoms in total. The highest BCUT2D eigenvalue weighted by molar-refractivity contribution is 6.28. The maximum atomic E-state index is 11.7. The summed E-state index contributed by atoms with van der Waals surface area (Å²) in [7, 11) is 1.98. The summed E-state index contributed by atoms with van der Waals surface area (Å²) in [4.78, 5) is 26.5. The Kier molecular flexibility index (Phi) is 7.45. The minimum atomic E-state index is -0.760. The zero-order chi connectivity index (χ0) is 26.3. The van der Waals surface area contributed by atoms with Gasteiger partial charge in [-0.05, 0) is 53.3 Å². The molecule has 0 aliphatic carbocycles. The van der Waals surface area contributed by atoms with Crippen LogP contribution in [-0.4, -0.2) is 86.9 Å². The number of ether oxygens (including phenoxy) is 4. The lowest BCUT2D eigenvalue weighted by molar-refractivity contribution is -0.197. The summed E-state index contributed by atoms with van der Waals surface area (Å²) >= 11 is 6.05. The molecule has 2 aromatic rings. The van der Waals surface area contributed by atoms with Gasteiger partial charge in [-0.25, -0.2) is 9.78 Å². The van der Waals surface area contributed by atoms with E-state index in [9.17, 15) is 4.79 Å². The van der Waals surface area contributed by atoms with E-state index >= 15 is 0 Å². The van der Waals surface area contributed by atoms with Crippen molar-refractivity contribution < 1.29 is 23.7 Å². The molecule has 4 heterocycles. The molecular formula is C23H34ClN7O5. The van der Waals surface area contributed by atoms with Gasteiger partial charge in [0.15, 0.2) is 23.5 Å². The molecule has 0 bridgehead atoms. The third-order valence-corrected chi connectivity index (χ3v) is 5.83. The van der Waals surface area contributed by atoms with Crippen molar-refractivity contribution >= 4 is 34.7 Å². The first-order chi connectivity index (χ1) is 16.8. The summed E-state index contributed by atoms with van der Waals surface area (Å²) in [6.45, 7) is 10.9. The molecule has 0 radical (unpaired) electrons. The number of nitrogens with one attached hydrogen (secondary N) is 1. The highest BCUT2D eigenvalue weighted by Gasteiger charge is 2.56. The zero-order valence-electron chi connectivity index (χ0n) is 21.4. The number of likely N-dealkylation sites (N-methyl/N-ethyl adjacent to an activating group) is 1. The number of carbonyl (C=O) groups is 1. The van der Waals surface area contributed by atoms with Crippen LogP contribution in [-0.2, 0) is 18.9 Å². The number of carbonyl (C=O) groups excluding carboxylic acids is 1. The molecule has 2 aliphatic heterocycles. The molecule has 1 amide bonds. The average Bonchev–Trinajstić information content (AvgIpc) is 3.38. The number of fused-ring (bicyclic) bond motifs is 2. The standard InChI is InChI=1S/C23H34ClN7O5/c1-22(2,3)36-21(32)26-9-7-8-10-30(6)11-13-15-16(35-23(4,5)34-15)19(33-13)31-12-27-14-17(25)28-20(24)29-18(14)31/h7-8,12-13,15-16,19H,9-11H2,1-6H3,(H,26,32)(H2,25,28,29)/t13-,15-,16-,19-/m1/s1. The van der Waals surface area contributed by atoms with Crippen molar-refractivity contribution in [3.63, 3.8) is 0 Å². The number of alkyl carbamates (subject to hydrolysis) is 1. The van der Waals surface area contributed by atoms with E-state index in [1.807, 2.05) is 53.8 Å². The van der Waals surface area contributed by atoms with E-state index in [0.717, 1.165) is 0 Å². The number of amides is 1. The lowest BCUT2D eigenvalue weighted by atomic mass is 10.1. The first-order valence-corrected chi connectivity index (χ1v) is 12.2. The Hall–Kier alpha value is -2.51. The van der Waals surface area contributed by atoms with Crippen LogP contribution in [0.15, 0.2) is 18.5 Å². The normalized spacial score (nSPS) is 25.7. The minimum Gasteiger partial charge on any atom is -0.444 e. The largest absolute Gasteiger partial charge is 0.444 e. The maximum absolute atomic E-state index is 11.7. The molecule has 2 aliphatic rings. The van der Waals surface area contributed by atoms with E-state index in [4.69, 9.17) is 36.3 Å². The first kappa shape index (κ1) is 26.6. The van der Waals surface area contributed by atoms with E-state index in [-0.39, 0.29) is 29.4 Å². The summed E-state index contributed by atoms with van der Waals surface area (Å²) < 4.78 is 25.8. The van der Waals surface area contributed by atoms with E-state index in [0.29, 0.717) is 30.8 Å². The minimum absolute atomic E-state index is 0.0319. The monoisotopic (exact) mass is 523 g/mol. The number of hydrogen-bond donors (Lipinski definition) is 2. The summed E-state index contributed by atoms with van der Waals surface area (Å²) in [6.07, 6.45) is 3.55. The van der Waals surface area contributed by atoms with E-state index in [1.165, 1.54) is 0 Å². The highest BCUT2D eigenvalue weighted by atomic mass is 35.5. The molecular weight excluding hydrogens is 490 g/mol. The quantitative estimate of drug-likeness (QED) is 0.411. The third kappa shape index (κ3) is 6.06. The molecule has 13 heteroatoms. The van der Waals surface area contributed by atoms with Crippen molar-refractivity contribution in [3.05, 3.63) is 23.8 Å². The van der Waals surface area contributed by atoms with Crippen LogP contribution in [0.25, 0.3) is 11.2 Å². The lowest BCUT2D eigenvalue weighted by Crippen LogP contribution is -2.38. The maximum Gasteiger partial charge on any atom is 0.407 e. The number of nitrogens with two attached hydrogens (primary N) is 1. The van der Waals surface area contributed by atoms with Gasteiger partial charge >= 0.3 is 6.09 Å². The second-order valence-corrected chi connectivity index (χ2v) is 10.7. The molecule has 2 saturated heterocycles. The van der Waals surface area contributed by atoms with Crippen LogP contribution in [0.3, 0.4) is 0 Å². The van der Waals surface area contributed by atoms with Gasteiger partial charge < -0.3 is 34.9 Å². The molecule has 36 heavy (non-hydrogen) atoms. The van der Waals surface area contributed by atoms with Crippen LogP contribution in [0.4, 0.5) is 10.6 Å². The number of rotatable bonds is 7. The van der Waals surface area contributed by atoms with Gasteiger partial charge in [-0.2, -0.15) is 9.97 Å². The fourth-order valence-electron chi connectivity index (χ4n) is 4.30. The Morgan fingerprint density at radius 1 is 1.31 bits per heavy atom. The number of aromatic nitrogens is 4. The molecule has 0 saturated carbocycles. The van der Waals surface area contributed by atoms with Crippen LogP contribution in [0.2, 0.25) is 5.28 Å². The summed E-state index contributed by atoms with van der Waals surface area (Å²) in [5.41, 5.74) is 6.36. The Labute approximate surface area is 215 Å². The van der Waals surface area contributed by atoms with Crippen molar-refractivity contribution in [2.75, 3.05) is 32.4 Å². The Morgan fingerprint density at radius 3 is 2.75 bits per heavy atom.